The third-order valence-electron chi connectivity index (χ3n) is 4.22. The van der Waals surface area contributed by atoms with Crippen molar-refractivity contribution in [1.29, 1.82) is 0 Å². The van der Waals surface area contributed by atoms with Crippen molar-refractivity contribution < 1.29 is 14.6 Å². The van der Waals surface area contributed by atoms with Crippen LogP contribution in [0.5, 0.6) is 5.75 Å². The Bertz CT molecular complexity index is 473. The number of aliphatic hydroxyl groups is 1. The predicted molar refractivity (Wildman–Crippen MR) is 92.0 cm³/mol. The van der Waals surface area contributed by atoms with Crippen molar-refractivity contribution in [3.8, 4) is 5.75 Å². The number of nitrogens with one attached hydrogen (secondary N) is 1. The molecule has 1 aromatic rings. The van der Waals surface area contributed by atoms with Crippen LogP contribution in [0.1, 0.15) is 19.4 Å². The number of morpholine rings is 1. The van der Waals surface area contributed by atoms with Crippen LogP contribution in [0, 0.1) is 0 Å². The van der Waals surface area contributed by atoms with Crippen LogP contribution in [0.3, 0.4) is 0 Å². The molecule has 0 radical (unpaired) electrons. The molecule has 2 unspecified atom stereocenters. The van der Waals surface area contributed by atoms with E-state index in [0.29, 0.717) is 13.1 Å². The first-order valence-electron chi connectivity index (χ1n) is 8.38. The van der Waals surface area contributed by atoms with Crippen LogP contribution >= 0.6 is 0 Å². The first-order chi connectivity index (χ1) is 11.0. The highest BCUT2D eigenvalue weighted by molar-refractivity contribution is 5.33. The molecule has 2 rings (SSSR count). The molecule has 1 saturated heterocycles. The zero-order valence-electron chi connectivity index (χ0n) is 14.5. The minimum atomic E-state index is -0.744. The highest BCUT2D eigenvalue weighted by Crippen LogP contribution is 2.19. The second kappa shape index (κ2) is 8.64. The maximum atomic E-state index is 10.6. The van der Waals surface area contributed by atoms with E-state index >= 15 is 0 Å². The Morgan fingerprint density at radius 3 is 2.74 bits per heavy atom. The molecule has 1 aliphatic heterocycles. The number of hydrogen-bond donors (Lipinski definition) is 2. The van der Waals surface area contributed by atoms with E-state index in [0.717, 1.165) is 38.5 Å². The van der Waals surface area contributed by atoms with Gasteiger partial charge in [0.15, 0.2) is 0 Å². The maximum absolute atomic E-state index is 10.6. The largest absolute Gasteiger partial charge is 0.496 e. The van der Waals surface area contributed by atoms with Crippen LogP contribution in [0.25, 0.3) is 0 Å². The van der Waals surface area contributed by atoms with Gasteiger partial charge in [0, 0.05) is 32.2 Å². The Morgan fingerprint density at radius 1 is 1.35 bits per heavy atom. The molecule has 0 aliphatic carbocycles. The molecular weight excluding hydrogens is 292 g/mol. The monoisotopic (exact) mass is 322 g/mol. The van der Waals surface area contributed by atoms with Gasteiger partial charge in [-0.3, -0.25) is 4.90 Å². The van der Waals surface area contributed by atoms with Gasteiger partial charge in [-0.2, -0.15) is 0 Å². The lowest BCUT2D eigenvalue weighted by Crippen LogP contribution is -2.51. The number of benzene rings is 1. The first kappa shape index (κ1) is 18.2. The van der Waals surface area contributed by atoms with E-state index in [1.165, 1.54) is 5.56 Å². The van der Waals surface area contributed by atoms with Gasteiger partial charge in [-0.05, 0) is 31.9 Å². The molecular formula is C18H30N2O3. The van der Waals surface area contributed by atoms with E-state index in [9.17, 15) is 5.11 Å². The van der Waals surface area contributed by atoms with Gasteiger partial charge < -0.3 is 19.9 Å². The van der Waals surface area contributed by atoms with Crippen molar-refractivity contribution >= 4 is 0 Å². The van der Waals surface area contributed by atoms with Gasteiger partial charge >= 0.3 is 0 Å². The molecule has 0 aromatic heterocycles. The lowest BCUT2D eigenvalue weighted by atomic mass is 10.0. The highest BCUT2D eigenvalue weighted by Gasteiger charge is 2.25. The third-order valence-corrected chi connectivity index (χ3v) is 4.22. The summed E-state index contributed by atoms with van der Waals surface area (Å²) in [6.45, 7) is 8.58. The second-order valence-corrected chi connectivity index (χ2v) is 6.68. The molecule has 0 saturated carbocycles. The average Bonchev–Trinajstić information content (AvgIpc) is 2.54. The van der Waals surface area contributed by atoms with E-state index in [4.69, 9.17) is 9.47 Å². The summed E-state index contributed by atoms with van der Waals surface area (Å²) in [6, 6.07) is 8.34. The molecule has 2 N–H and O–H groups in total. The van der Waals surface area contributed by atoms with Gasteiger partial charge in [0.1, 0.15) is 5.75 Å². The first-order valence-corrected chi connectivity index (χ1v) is 8.38. The Labute approximate surface area is 139 Å². The van der Waals surface area contributed by atoms with Crippen LogP contribution < -0.4 is 10.1 Å². The van der Waals surface area contributed by atoms with Gasteiger partial charge in [-0.1, -0.05) is 18.2 Å². The summed E-state index contributed by atoms with van der Waals surface area (Å²) in [5.74, 6) is 0.918. The Hall–Kier alpha value is -1.14. The summed E-state index contributed by atoms with van der Waals surface area (Å²) < 4.78 is 10.7. The predicted octanol–water partition coefficient (Wildman–Crippen LogP) is 1.30. The molecule has 23 heavy (non-hydrogen) atoms. The fourth-order valence-corrected chi connectivity index (χ4v) is 2.96. The number of methoxy groups -OCH3 is 1. The second-order valence-electron chi connectivity index (χ2n) is 6.68. The minimum absolute atomic E-state index is 0.266. The molecule has 1 aliphatic rings. The molecule has 0 bridgehead atoms. The summed E-state index contributed by atoms with van der Waals surface area (Å²) in [5.41, 5.74) is 0.439. The van der Waals surface area contributed by atoms with Crippen LogP contribution in [0.4, 0.5) is 0 Å². The zero-order chi connectivity index (χ0) is 16.7. The van der Waals surface area contributed by atoms with Crippen molar-refractivity contribution in [3.63, 3.8) is 0 Å². The van der Waals surface area contributed by atoms with Gasteiger partial charge in [-0.15, -0.1) is 0 Å². The van der Waals surface area contributed by atoms with E-state index in [2.05, 4.69) is 23.2 Å². The Balaban J connectivity index is 1.79. The van der Waals surface area contributed by atoms with Gasteiger partial charge in [0.2, 0.25) is 0 Å². The van der Waals surface area contributed by atoms with E-state index in [-0.39, 0.29) is 6.04 Å². The molecule has 0 amide bonds. The lowest BCUT2D eigenvalue weighted by Gasteiger charge is -2.34. The number of hydrogen-bond acceptors (Lipinski definition) is 5. The zero-order valence-corrected chi connectivity index (χ0v) is 14.5. The minimum Gasteiger partial charge on any atom is -0.496 e. The summed E-state index contributed by atoms with van der Waals surface area (Å²) in [7, 11) is 1.70. The number of para-hydroxylation sites is 1. The molecule has 5 heteroatoms. The molecule has 130 valence electrons. The molecule has 2 atom stereocenters. The smallest absolute Gasteiger partial charge is 0.122 e. The van der Waals surface area contributed by atoms with Crippen molar-refractivity contribution in [2.45, 2.75) is 31.9 Å². The van der Waals surface area contributed by atoms with Gasteiger partial charge in [0.05, 0.1) is 25.9 Å². The number of rotatable bonds is 8. The van der Waals surface area contributed by atoms with Crippen molar-refractivity contribution in [2.24, 2.45) is 0 Å². The molecule has 0 spiro atoms. The SMILES string of the molecule is COc1ccccc1CC(C)NCC(C)(O)CN1CCOCC1. The Morgan fingerprint density at radius 2 is 2.04 bits per heavy atom. The lowest BCUT2D eigenvalue weighted by molar-refractivity contribution is -0.0226. The van der Waals surface area contributed by atoms with Crippen LogP contribution in [-0.4, -0.2) is 68.2 Å². The molecule has 1 aromatic carbocycles. The number of ether oxygens (including phenoxy) is 2. The summed E-state index contributed by atoms with van der Waals surface area (Å²) in [6.07, 6.45) is 0.873. The average molecular weight is 322 g/mol. The van der Waals surface area contributed by atoms with Crippen molar-refractivity contribution in [1.82, 2.24) is 10.2 Å². The quantitative estimate of drug-likeness (QED) is 0.755. The Kier molecular flexibility index (Phi) is 6.84. The van der Waals surface area contributed by atoms with Crippen molar-refractivity contribution in [3.05, 3.63) is 29.8 Å². The van der Waals surface area contributed by atoms with E-state index < -0.39 is 5.60 Å². The van der Waals surface area contributed by atoms with Gasteiger partial charge in [0.25, 0.3) is 0 Å². The summed E-state index contributed by atoms with van der Waals surface area (Å²) in [4.78, 5) is 2.26. The topological polar surface area (TPSA) is 54.0 Å². The van der Waals surface area contributed by atoms with Gasteiger partial charge in [-0.25, -0.2) is 0 Å². The third kappa shape index (κ3) is 6.11. The highest BCUT2D eigenvalue weighted by atomic mass is 16.5. The number of β-amino-alcohol motifs (C(OH)–C–C–N with tert-alkyl or cyclic N) is 1. The molecule has 5 nitrogen and oxygen atoms in total. The summed E-state index contributed by atoms with van der Waals surface area (Å²) in [5, 5.41) is 14.1. The molecule has 1 heterocycles. The van der Waals surface area contributed by atoms with Crippen LogP contribution in [0.15, 0.2) is 24.3 Å². The van der Waals surface area contributed by atoms with E-state index in [1.54, 1.807) is 7.11 Å². The normalized spacial score (nSPS) is 20.0. The maximum Gasteiger partial charge on any atom is 0.122 e. The van der Waals surface area contributed by atoms with Crippen LogP contribution in [0.2, 0.25) is 0 Å². The van der Waals surface area contributed by atoms with Crippen LogP contribution in [-0.2, 0) is 11.2 Å². The fourth-order valence-electron chi connectivity index (χ4n) is 2.96. The summed E-state index contributed by atoms with van der Waals surface area (Å²) >= 11 is 0. The van der Waals surface area contributed by atoms with Crippen molar-refractivity contribution in [2.75, 3.05) is 46.5 Å². The number of nitrogens with zero attached hydrogens (tertiary/aromatic N) is 1. The fraction of sp³-hybridized carbons (Fsp3) is 0.667. The van der Waals surface area contributed by atoms with E-state index in [1.807, 2.05) is 25.1 Å². The molecule has 1 fully saturated rings. The standard InChI is InChI=1S/C18H30N2O3/c1-15(12-16-6-4-5-7-17(16)22-3)19-13-18(2,21)14-20-8-10-23-11-9-20/h4-7,15,19,21H,8-14H2,1-3H3.